The molecule has 8 heteroatoms. The van der Waals surface area contributed by atoms with Crippen LogP contribution < -0.4 is 5.73 Å². The highest BCUT2D eigenvalue weighted by Gasteiger charge is 2.31. The van der Waals surface area contributed by atoms with Crippen LogP contribution in [0.5, 0.6) is 0 Å². The normalized spacial score (nSPS) is 12.9. The second-order valence-electron chi connectivity index (χ2n) is 4.23. The number of hydrogen-bond donors (Lipinski definition) is 1. The van der Waals surface area contributed by atoms with Crippen LogP contribution in [-0.2, 0) is 10.0 Å². The molecule has 1 rings (SSSR count). The molecular formula is C11H15F3N2O2S. The average molecular weight is 296 g/mol. The highest BCUT2D eigenvalue weighted by Crippen LogP contribution is 2.25. The molecule has 0 saturated carbocycles. The summed E-state index contributed by atoms with van der Waals surface area (Å²) in [5, 5.41) is 0. The van der Waals surface area contributed by atoms with Crippen LogP contribution in [0.25, 0.3) is 0 Å². The van der Waals surface area contributed by atoms with Crippen LogP contribution in [0.3, 0.4) is 0 Å². The van der Waals surface area contributed by atoms with Gasteiger partial charge in [-0.25, -0.2) is 12.7 Å². The fraction of sp³-hybridized carbons (Fsp3) is 0.455. The zero-order valence-corrected chi connectivity index (χ0v) is 11.3. The number of rotatable bonds is 4. The molecule has 0 amide bonds. The molecule has 2 N–H and O–H groups in total. The fourth-order valence-corrected chi connectivity index (χ4v) is 2.74. The van der Waals surface area contributed by atoms with Gasteiger partial charge in [-0.1, -0.05) is 6.07 Å². The number of sulfonamides is 1. The minimum absolute atomic E-state index is 0.0267. The molecule has 0 saturated heterocycles. The van der Waals surface area contributed by atoms with Crippen LogP contribution in [0.2, 0.25) is 0 Å². The second-order valence-corrected chi connectivity index (χ2v) is 6.25. The molecule has 0 aliphatic rings. The molecular weight excluding hydrogens is 281 g/mol. The summed E-state index contributed by atoms with van der Waals surface area (Å²) in [5.74, 6) is 0. The third kappa shape index (κ3) is 4.10. The summed E-state index contributed by atoms with van der Waals surface area (Å²) in [5.41, 5.74) is 6.40. The van der Waals surface area contributed by atoms with E-state index in [1.807, 2.05) is 0 Å². The summed E-state index contributed by atoms with van der Waals surface area (Å²) in [4.78, 5) is -0.178. The maximum absolute atomic E-state index is 12.1. The van der Waals surface area contributed by atoms with Crippen LogP contribution >= 0.6 is 0 Å². The summed E-state index contributed by atoms with van der Waals surface area (Å²) >= 11 is 0. The molecule has 0 unspecified atom stereocenters. The van der Waals surface area contributed by atoms with Gasteiger partial charge in [-0.3, -0.25) is 0 Å². The molecule has 0 radical (unpaired) electrons. The predicted octanol–water partition coefficient (Wildman–Crippen LogP) is 2.15. The molecule has 0 aliphatic carbocycles. The largest absolute Gasteiger partial charge is 0.398 e. The van der Waals surface area contributed by atoms with Crippen molar-refractivity contribution in [2.75, 3.05) is 19.3 Å². The first-order valence-electron chi connectivity index (χ1n) is 5.43. The van der Waals surface area contributed by atoms with Gasteiger partial charge in [-0.05, 0) is 24.6 Å². The van der Waals surface area contributed by atoms with E-state index in [9.17, 15) is 21.6 Å². The number of aryl methyl sites for hydroxylation is 1. The Morgan fingerprint density at radius 2 is 1.89 bits per heavy atom. The van der Waals surface area contributed by atoms with Gasteiger partial charge in [0.15, 0.2) is 0 Å². The van der Waals surface area contributed by atoms with Gasteiger partial charge in [0.2, 0.25) is 10.0 Å². The first kappa shape index (κ1) is 15.8. The van der Waals surface area contributed by atoms with Crippen molar-refractivity contribution in [3.8, 4) is 0 Å². The van der Waals surface area contributed by atoms with E-state index in [1.54, 1.807) is 13.0 Å². The van der Waals surface area contributed by atoms with Gasteiger partial charge in [0.05, 0.1) is 12.1 Å². The number of nitrogens with zero attached hydrogens (tertiary/aromatic N) is 1. The lowest BCUT2D eigenvalue weighted by atomic mass is 10.2. The van der Waals surface area contributed by atoms with Crippen LogP contribution in [0.15, 0.2) is 23.1 Å². The molecule has 0 atom stereocenters. The van der Waals surface area contributed by atoms with Crippen LogP contribution in [0, 0.1) is 6.92 Å². The Labute approximate surface area is 110 Å². The molecule has 0 fully saturated rings. The topological polar surface area (TPSA) is 63.4 Å². The van der Waals surface area contributed by atoms with Gasteiger partial charge < -0.3 is 5.73 Å². The number of halogens is 3. The minimum Gasteiger partial charge on any atom is -0.398 e. The molecule has 0 heterocycles. The van der Waals surface area contributed by atoms with Gasteiger partial charge in [0.1, 0.15) is 4.90 Å². The lowest BCUT2D eigenvalue weighted by Gasteiger charge is -2.19. The number of benzene rings is 1. The molecule has 0 bridgehead atoms. The second kappa shape index (κ2) is 5.38. The average Bonchev–Trinajstić information content (AvgIpc) is 2.24. The van der Waals surface area contributed by atoms with E-state index >= 15 is 0 Å². The van der Waals surface area contributed by atoms with Gasteiger partial charge in [0, 0.05) is 13.6 Å². The standard InChI is InChI=1S/C11H15F3N2O2S/c1-8-3-4-10(9(15)7-8)19(17,18)16(2)6-5-11(12,13)14/h3-4,7H,5-6,15H2,1-2H3. The van der Waals surface area contributed by atoms with Crippen LogP contribution in [-0.4, -0.2) is 32.5 Å². The first-order chi connectivity index (χ1) is 8.54. The summed E-state index contributed by atoms with van der Waals surface area (Å²) < 4.78 is 61.1. The smallest absolute Gasteiger partial charge is 0.390 e. The molecule has 108 valence electrons. The van der Waals surface area contributed by atoms with Gasteiger partial charge >= 0.3 is 6.18 Å². The van der Waals surface area contributed by atoms with Crippen molar-refractivity contribution in [1.82, 2.24) is 4.31 Å². The number of anilines is 1. The zero-order chi connectivity index (χ0) is 14.8. The number of hydrogen-bond acceptors (Lipinski definition) is 3. The lowest BCUT2D eigenvalue weighted by Crippen LogP contribution is -2.31. The van der Waals surface area contributed by atoms with Crippen molar-refractivity contribution in [3.63, 3.8) is 0 Å². The van der Waals surface area contributed by atoms with E-state index in [-0.39, 0.29) is 10.6 Å². The van der Waals surface area contributed by atoms with Gasteiger partial charge in [0.25, 0.3) is 0 Å². The Bertz CT molecular complexity index is 556. The van der Waals surface area contributed by atoms with E-state index < -0.39 is 29.2 Å². The molecule has 19 heavy (non-hydrogen) atoms. The Kier molecular flexibility index (Phi) is 4.46. The maximum Gasteiger partial charge on any atom is 0.390 e. The summed E-state index contributed by atoms with van der Waals surface area (Å²) in [6.45, 7) is 1.10. The third-order valence-electron chi connectivity index (χ3n) is 2.56. The van der Waals surface area contributed by atoms with E-state index in [0.717, 1.165) is 12.6 Å². The third-order valence-corrected chi connectivity index (χ3v) is 4.49. The van der Waals surface area contributed by atoms with E-state index in [1.165, 1.54) is 12.1 Å². The predicted molar refractivity (Wildman–Crippen MR) is 66.1 cm³/mol. The number of alkyl halides is 3. The van der Waals surface area contributed by atoms with Crippen molar-refractivity contribution in [1.29, 1.82) is 0 Å². The lowest BCUT2D eigenvalue weighted by molar-refractivity contribution is -0.135. The van der Waals surface area contributed by atoms with Crippen LogP contribution in [0.1, 0.15) is 12.0 Å². The summed E-state index contributed by atoms with van der Waals surface area (Å²) in [6, 6.07) is 4.30. The Balaban J connectivity index is 2.97. The van der Waals surface area contributed by atoms with Crippen molar-refractivity contribution in [2.24, 2.45) is 0 Å². The van der Waals surface area contributed by atoms with Crippen LogP contribution in [0.4, 0.5) is 18.9 Å². The molecule has 1 aromatic rings. The van der Waals surface area contributed by atoms with Crippen molar-refractivity contribution >= 4 is 15.7 Å². The van der Waals surface area contributed by atoms with Crippen molar-refractivity contribution < 1.29 is 21.6 Å². The minimum atomic E-state index is -4.40. The van der Waals surface area contributed by atoms with Crippen molar-refractivity contribution in [2.45, 2.75) is 24.4 Å². The van der Waals surface area contributed by atoms with Gasteiger partial charge in [-0.2, -0.15) is 13.2 Å². The quantitative estimate of drug-likeness (QED) is 0.866. The molecule has 0 spiro atoms. The van der Waals surface area contributed by atoms with E-state index in [2.05, 4.69) is 0 Å². The van der Waals surface area contributed by atoms with E-state index in [4.69, 9.17) is 5.73 Å². The maximum atomic E-state index is 12.1. The Morgan fingerprint density at radius 1 is 1.32 bits per heavy atom. The SMILES string of the molecule is Cc1ccc(S(=O)(=O)N(C)CCC(F)(F)F)c(N)c1. The monoisotopic (exact) mass is 296 g/mol. The summed E-state index contributed by atoms with van der Waals surface area (Å²) in [7, 11) is -2.90. The highest BCUT2D eigenvalue weighted by molar-refractivity contribution is 7.89. The zero-order valence-electron chi connectivity index (χ0n) is 10.5. The van der Waals surface area contributed by atoms with E-state index in [0.29, 0.717) is 4.31 Å². The van der Waals surface area contributed by atoms with Gasteiger partial charge in [-0.15, -0.1) is 0 Å². The van der Waals surface area contributed by atoms with Crippen molar-refractivity contribution in [3.05, 3.63) is 23.8 Å². The number of nitrogens with two attached hydrogens (primary N) is 1. The first-order valence-corrected chi connectivity index (χ1v) is 6.87. The molecule has 4 nitrogen and oxygen atoms in total. The summed E-state index contributed by atoms with van der Waals surface area (Å²) in [6.07, 6.45) is -5.60. The molecule has 0 aromatic heterocycles. The number of nitrogen functional groups attached to an aromatic ring is 1. The fourth-order valence-electron chi connectivity index (χ4n) is 1.48. The Hall–Kier alpha value is -1.28. The Morgan fingerprint density at radius 3 is 2.37 bits per heavy atom. The highest BCUT2D eigenvalue weighted by atomic mass is 32.2. The molecule has 1 aromatic carbocycles. The molecule has 0 aliphatic heterocycles.